The molecule has 1 saturated heterocycles. The lowest BCUT2D eigenvalue weighted by atomic mass is 9.95. The summed E-state index contributed by atoms with van der Waals surface area (Å²) in [4.78, 5) is 30.8. The molecule has 34 heavy (non-hydrogen) atoms. The van der Waals surface area contributed by atoms with Gasteiger partial charge in [-0.2, -0.15) is 13.2 Å². The van der Waals surface area contributed by atoms with Crippen LogP contribution in [0.25, 0.3) is 0 Å². The lowest BCUT2D eigenvalue weighted by Gasteiger charge is -2.32. The van der Waals surface area contributed by atoms with E-state index in [0.29, 0.717) is 24.5 Å². The first-order valence-electron chi connectivity index (χ1n) is 11.7. The second kappa shape index (κ2) is 10.5. The molecule has 0 radical (unpaired) electrons. The standard InChI is InChI=1S/C25H29F3N4O2/c26-25(27,28)20-13-19(14-29-15-20)24(34)31-22-7-3-4-17(12-22)16-32-10-8-18(9-11-32)23(33)30-21-5-1-2-6-21/h3-4,7,12-15,18,21H,1-2,5-6,8-11,16H2,(H,30,33)(H,31,34). The Morgan fingerprint density at radius 3 is 2.47 bits per heavy atom. The second-order valence-corrected chi connectivity index (χ2v) is 9.15. The lowest BCUT2D eigenvalue weighted by molar-refractivity contribution is -0.137. The number of likely N-dealkylation sites (tertiary alicyclic amines) is 1. The maximum absolute atomic E-state index is 12.9. The van der Waals surface area contributed by atoms with Crippen molar-refractivity contribution < 1.29 is 22.8 Å². The van der Waals surface area contributed by atoms with E-state index in [1.165, 1.54) is 12.8 Å². The van der Waals surface area contributed by atoms with Gasteiger partial charge in [-0.05, 0) is 62.5 Å². The van der Waals surface area contributed by atoms with Crippen LogP contribution in [0.15, 0.2) is 42.7 Å². The van der Waals surface area contributed by atoms with Gasteiger partial charge in [0.1, 0.15) is 0 Å². The van der Waals surface area contributed by atoms with Crippen LogP contribution in [0.3, 0.4) is 0 Å². The van der Waals surface area contributed by atoms with E-state index in [-0.39, 0.29) is 17.4 Å². The zero-order valence-corrected chi connectivity index (χ0v) is 18.9. The number of nitrogens with zero attached hydrogens (tertiary/aromatic N) is 2. The number of alkyl halides is 3. The Labute approximate surface area is 196 Å². The highest BCUT2D eigenvalue weighted by Gasteiger charge is 2.31. The van der Waals surface area contributed by atoms with Crippen molar-refractivity contribution in [3.8, 4) is 0 Å². The van der Waals surface area contributed by atoms with Gasteiger partial charge in [0.15, 0.2) is 0 Å². The van der Waals surface area contributed by atoms with Gasteiger partial charge in [0.2, 0.25) is 5.91 Å². The molecule has 0 atom stereocenters. The normalized spacial score (nSPS) is 18.1. The van der Waals surface area contributed by atoms with Gasteiger partial charge in [0.05, 0.1) is 11.1 Å². The Hall–Kier alpha value is -2.94. The lowest BCUT2D eigenvalue weighted by Crippen LogP contribution is -2.42. The summed E-state index contributed by atoms with van der Waals surface area (Å²) in [5.74, 6) is -0.409. The molecule has 1 aliphatic carbocycles. The molecule has 0 bridgehead atoms. The molecule has 2 fully saturated rings. The molecule has 1 aromatic heterocycles. The fraction of sp³-hybridized carbons (Fsp3) is 0.480. The number of carbonyl (C=O) groups excluding carboxylic acids is 2. The molecular formula is C25H29F3N4O2. The molecule has 1 aromatic carbocycles. The van der Waals surface area contributed by atoms with Crippen molar-refractivity contribution in [2.45, 2.75) is 57.3 Å². The number of aromatic nitrogens is 1. The Morgan fingerprint density at radius 2 is 1.76 bits per heavy atom. The molecular weight excluding hydrogens is 445 g/mol. The molecule has 182 valence electrons. The van der Waals surface area contributed by atoms with Crippen molar-refractivity contribution in [3.05, 3.63) is 59.4 Å². The predicted molar refractivity (Wildman–Crippen MR) is 122 cm³/mol. The van der Waals surface area contributed by atoms with Gasteiger partial charge in [-0.3, -0.25) is 19.5 Å². The van der Waals surface area contributed by atoms with Crippen molar-refractivity contribution in [2.75, 3.05) is 18.4 Å². The van der Waals surface area contributed by atoms with Crippen LogP contribution in [0.1, 0.15) is 60.0 Å². The number of hydrogen-bond donors (Lipinski definition) is 2. The maximum atomic E-state index is 12.9. The summed E-state index contributed by atoms with van der Waals surface area (Å²) in [7, 11) is 0. The van der Waals surface area contributed by atoms with Crippen LogP contribution in [0.4, 0.5) is 18.9 Å². The van der Waals surface area contributed by atoms with Gasteiger partial charge in [0, 0.05) is 36.6 Å². The molecule has 0 spiro atoms. The topological polar surface area (TPSA) is 74.3 Å². The van der Waals surface area contributed by atoms with Crippen molar-refractivity contribution >= 4 is 17.5 Å². The third-order valence-electron chi connectivity index (χ3n) is 6.58. The van der Waals surface area contributed by atoms with Gasteiger partial charge in [-0.15, -0.1) is 0 Å². The molecule has 2 heterocycles. The number of anilines is 1. The minimum absolute atomic E-state index is 0.0588. The van der Waals surface area contributed by atoms with E-state index in [0.717, 1.165) is 56.6 Å². The average Bonchev–Trinajstić information content (AvgIpc) is 3.32. The predicted octanol–water partition coefficient (Wildman–Crippen LogP) is 4.62. The number of halogens is 3. The number of rotatable bonds is 6. The van der Waals surface area contributed by atoms with Gasteiger partial charge in [0.25, 0.3) is 5.91 Å². The summed E-state index contributed by atoms with van der Waals surface area (Å²) < 4.78 is 38.7. The van der Waals surface area contributed by atoms with Crippen LogP contribution in [0, 0.1) is 5.92 Å². The first kappa shape index (κ1) is 24.2. The first-order valence-corrected chi connectivity index (χ1v) is 11.7. The molecule has 1 saturated carbocycles. The minimum Gasteiger partial charge on any atom is -0.353 e. The quantitative estimate of drug-likeness (QED) is 0.641. The van der Waals surface area contributed by atoms with E-state index in [2.05, 4.69) is 20.5 Å². The molecule has 9 heteroatoms. The Morgan fingerprint density at radius 1 is 1.03 bits per heavy atom. The molecule has 0 unspecified atom stereocenters. The van der Waals surface area contributed by atoms with E-state index in [4.69, 9.17) is 0 Å². The number of pyridine rings is 1. The maximum Gasteiger partial charge on any atom is 0.417 e. The molecule has 2 aliphatic rings. The van der Waals surface area contributed by atoms with Gasteiger partial charge in [-0.25, -0.2) is 0 Å². The zero-order chi connectivity index (χ0) is 24.1. The number of benzene rings is 1. The van der Waals surface area contributed by atoms with Crippen molar-refractivity contribution in [1.82, 2.24) is 15.2 Å². The van der Waals surface area contributed by atoms with Gasteiger partial charge in [-0.1, -0.05) is 25.0 Å². The third kappa shape index (κ3) is 6.34. The summed E-state index contributed by atoms with van der Waals surface area (Å²) >= 11 is 0. The van der Waals surface area contributed by atoms with Crippen LogP contribution >= 0.6 is 0 Å². The molecule has 1 aliphatic heterocycles. The van der Waals surface area contributed by atoms with Crippen molar-refractivity contribution in [2.24, 2.45) is 5.92 Å². The Kier molecular flexibility index (Phi) is 7.50. The van der Waals surface area contributed by atoms with Crippen LogP contribution in [0.2, 0.25) is 0 Å². The largest absolute Gasteiger partial charge is 0.417 e. The molecule has 2 amide bonds. The summed E-state index contributed by atoms with van der Waals surface area (Å²) in [6.07, 6.45) is 3.44. The van der Waals surface area contributed by atoms with E-state index >= 15 is 0 Å². The smallest absolute Gasteiger partial charge is 0.353 e. The molecule has 6 nitrogen and oxygen atoms in total. The number of hydrogen-bond acceptors (Lipinski definition) is 4. The van der Waals surface area contributed by atoms with Crippen LogP contribution in [0.5, 0.6) is 0 Å². The SMILES string of the molecule is O=C(Nc1cccc(CN2CCC(C(=O)NC3CCCC3)CC2)c1)c1cncc(C(F)(F)F)c1. The highest BCUT2D eigenvalue weighted by Crippen LogP contribution is 2.29. The highest BCUT2D eigenvalue weighted by atomic mass is 19.4. The number of piperidine rings is 1. The number of nitrogens with one attached hydrogen (secondary N) is 2. The van der Waals surface area contributed by atoms with E-state index in [1.54, 1.807) is 12.1 Å². The summed E-state index contributed by atoms with van der Waals surface area (Å²) in [5.41, 5.74) is 0.368. The summed E-state index contributed by atoms with van der Waals surface area (Å²) in [5, 5.41) is 5.85. The van der Waals surface area contributed by atoms with E-state index in [9.17, 15) is 22.8 Å². The average molecular weight is 475 g/mol. The zero-order valence-electron chi connectivity index (χ0n) is 18.9. The minimum atomic E-state index is -4.56. The number of carbonyl (C=O) groups is 2. The summed E-state index contributed by atoms with van der Waals surface area (Å²) in [6, 6.07) is 8.39. The first-order chi connectivity index (χ1) is 16.3. The summed E-state index contributed by atoms with van der Waals surface area (Å²) in [6.45, 7) is 2.30. The molecule has 2 N–H and O–H groups in total. The Bertz CT molecular complexity index is 1010. The van der Waals surface area contributed by atoms with E-state index < -0.39 is 17.6 Å². The molecule has 4 rings (SSSR count). The second-order valence-electron chi connectivity index (χ2n) is 9.15. The third-order valence-corrected chi connectivity index (χ3v) is 6.58. The van der Waals surface area contributed by atoms with Crippen LogP contribution in [-0.4, -0.2) is 40.8 Å². The van der Waals surface area contributed by atoms with E-state index in [1.807, 2.05) is 12.1 Å². The van der Waals surface area contributed by atoms with Crippen molar-refractivity contribution in [3.63, 3.8) is 0 Å². The highest BCUT2D eigenvalue weighted by molar-refractivity contribution is 6.04. The van der Waals surface area contributed by atoms with Gasteiger partial charge >= 0.3 is 6.18 Å². The fourth-order valence-electron chi connectivity index (χ4n) is 4.67. The number of amides is 2. The fourth-order valence-corrected chi connectivity index (χ4v) is 4.67. The van der Waals surface area contributed by atoms with Crippen LogP contribution < -0.4 is 10.6 Å². The molecule has 2 aromatic rings. The van der Waals surface area contributed by atoms with Gasteiger partial charge < -0.3 is 10.6 Å². The monoisotopic (exact) mass is 474 g/mol. The van der Waals surface area contributed by atoms with Crippen molar-refractivity contribution in [1.29, 1.82) is 0 Å². The van der Waals surface area contributed by atoms with Crippen LogP contribution in [-0.2, 0) is 17.5 Å². The Balaban J connectivity index is 1.29.